The number of aliphatic hydroxyl groups is 1. The maximum atomic E-state index is 12.7. The number of carbonyl (C=O) groups is 2. The van der Waals surface area contributed by atoms with Gasteiger partial charge in [-0.05, 0) is 54.9 Å². The molecule has 164 valence electrons. The van der Waals surface area contributed by atoms with Crippen molar-refractivity contribution < 1.29 is 33.1 Å². The zero-order chi connectivity index (χ0) is 22.9. The molecule has 2 aliphatic heterocycles. The third kappa shape index (κ3) is 4.58. The van der Waals surface area contributed by atoms with Crippen LogP contribution in [0.3, 0.4) is 0 Å². The summed E-state index contributed by atoms with van der Waals surface area (Å²) in [6.45, 7) is 1.79. The summed E-state index contributed by atoms with van der Waals surface area (Å²) in [7, 11) is -3.85. The van der Waals surface area contributed by atoms with Crippen LogP contribution in [-0.4, -0.2) is 71.8 Å². The summed E-state index contributed by atoms with van der Waals surface area (Å²) >= 11 is 0. The molecule has 10 heteroatoms. The van der Waals surface area contributed by atoms with E-state index in [2.05, 4.69) is 23.7 Å². The van der Waals surface area contributed by atoms with Gasteiger partial charge < -0.3 is 14.7 Å². The number of hydrogen-bond acceptors (Lipinski definition) is 7. The van der Waals surface area contributed by atoms with E-state index < -0.39 is 26.1 Å². The van der Waals surface area contributed by atoms with Crippen molar-refractivity contribution in [2.75, 3.05) is 26.0 Å². The summed E-state index contributed by atoms with van der Waals surface area (Å²) in [6.07, 6.45) is 0.736. The molecule has 1 aromatic carbocycles. The number of rotatable bonds is 5. The molecule has 3 rings (SSSR count). The fraction of sp³-hybridized carbons (Fsp3) is 0.429. The van der Waals surface area contributed by atoms with Gasteiger partial charge in [0.15, 0.2) is 20.2 Å². The first-order valence-electron chi connectivity index (χ1n) is 9.39. The highest BCUT2D eigenvalue weighted by Crippen LogP contribution is 2.27. The van der Waals surface area contributed by atoms with E-state index in [4.69, 9.17) is 9.94 Å². The van der Waals surface area contributed by atoms with Gasteiger partial charge >= 0.3 is 0 Å². The molecule has 0 bridgehead atoms. The van der Waals surface area contributed by atoms with Crippen molar-refractivity contribution in [1.82, 2.24) is 10.4 Å². The molecule has 1 atom stereocenters. The molecular weight excluding hydrogens is 424 g/mol. The minimum atomic E-state index is -3.85. The summed E-state index contributed by atoms with van der Waals surface area (Å²) in [5, 5.41) is 18.7. The van der Waals surface area contributed by atoms with Crippen LogP contribution in [0.5, 0.6) is 0 Å². The lowest BCUT2D eigenvalue weighted by Crippen LogP contribution is -2.50. The van der Waals surface area contributed by atoms with Crippen LogP contribution in [-0.2, 0) is 25.9 Å². The van der Waals surface area contributed by atoms with E-state index in [1.165, 1.54) is 17.3 Å². The van der Waals surface area contributed by atoms with Crippen molar-refractivity contribution in [2.45, 2.75) is 30.2 Å². The number of nitrogens with one attached hydrogen (secondary N) is 1. The van der Waals surface area contributed by atoms with E-state index in [0.29, 0.717) is 11.1 Å². The largest absolute Gasteiger partial charge is 0.373 e. The van der Waals surface area contributed by atoms with Gasteiger partial charge in [0, 0.05) is 30.5 Å². The number of nitrogens with zero attached hydrogens (tertiary/aromatic N) is 1. The van der Waals surface area contributed by atoms with Crippen molar-refractivity contribution in [2.24, 2.45) is 0 Å². The quantitative estimate of drug-likeness (QED) is 0.314. The molecule has 0 aromatic heterocycles. The highest BCUT2D eigenvalue weighted by molar-refractivity contribution is 7.92. The highest BCUT2D eigenvalue weighted by Gasteiger charge is 2.44. The number of hydroxylamine groups is 1. The molecule has 31 heavy (non-hydrogen) atoms. The predicted octanol–water partition coefficient (Wildman–Crippen LogP) is -0.543. The van der Waals surface area contributed by atoms with Crippen molar-refractivity contribution in [3.8, 4) is 23.7 Å². The Morgan fingerprint density at radius 3 is 2.65 bits per heavy atom. The smallest absolute Gasteiger partial charge is 0.264 e. The second-order valence-electron chi connectivity index (χ2n) is 7.82. The number of hydrogen-bond donors (Lipinski definition) is 3. The van der Waals surface area contributed by atoms with Crippen LogP contribution in [0.4, 0.5) is 0 Å². The first kappa shape index (κ1) is 22.8. The Morgan fingerprint density at radius 2 is 2.06 bits per heavy atom. The average molecular weight is 446 g/mol. The SMILES string of the molecule is C[C@@](CCN1Cc2cc(C#CC#CC3(O)COC3)ccc2C1=O)(C(=O)NO)S(C)(=O)=O. The molecule has 2 amide bonds. The Labute approximate surface area is 180 Å². The molecule has 2 heterocycles. The monoisotopic (exact) mass is 446 g/mol. The number of fused-ring (bicyclic) bond motifs is 1. The van der Waals surface area contributed by atoms with E-state index in [0.717, 1.165) is 11.8 Å². The first-order valence-corrected chi connectivity index (χ1v) is 11.3. The molecule has 0 radical (unpaired) electrons. The van der Waals surface area contributed by atoms with Crippen LogP contribution in [0.25, 0.3) is 0 Å². The molecule has 9 nitrogen and oxygen atoms in total. The number of carbonyl (C=O) groups excluding carboxylic acids is 2. The lowest BCUT2D eigenvalue weighted by Gasteiger charge is -2.30. The normalized spacial score (nSPS) is 18.5. The molecule has 2 aliphatic rings. The number of ether oxygens (including phenoxy) is 1. The van der Waals surface area contributed by atoms with E-state index >= 15 is 0 Å². The van der Waals surface area contributed by atoms with E-state index in [9.17, 15) is 23.1 Å². The fourth-order valence-electron chi connectivity index (χ4n) is 3.19. The number of amides is 2. The Hall–Kier alpha value is -2.89. The first-order chi connectivity index (χ1) is 14.5. The van der Waals surface area contributed by atoms with Gasteiger partial charge in [0.2, 0.25) is 0 Å². The lowest BCUT2D eigenvalue weighted by molar-refractivity contribution is -0.140. The standard InChI is InChI=1S/C21H22N2O7S/c1-20(19(25)22-27,31(2,28)29)9-10-23-12-16-11-15(6-7-17(16)18(23)24)5-3-4-8-21(26)13-30-14-21/h6-7,11,26-27H,9-10,12-14H2,1-2H3,(H,22,25)/t20-/m1/s1. The Bertz CT molecular complexity index is 1150. The number of sulfone groups is 1. The minimum absolute atomic E-state index is 0.0116. The molecule has 0 aliphatic carbocycles. The van der Waals surface area contributed by atoms with Crippen LogP contribution in [0.15, 0.2) is 18.2 Å². The summed E-state index contributed by atoms with van der Waals surface area (Å²) in [4.78, 5) is 26.0. The van der Waals surface area contributed by atoms with Gasteiger partial charge in [0.1, 0.15) is 0 Å². The summed E-state index contributed by atoms with van der Waals surface area (Å²) in [6, 6.07) is 5.06. The molecule has 0 unspecified atom stereocenters. The van der Waals surface area contributed by atoms with E-state index in [-0.39, 0.29) is 38.6 Å². The van der Waals surface area contributed by atoms with E-state index in [1.807, 2.05) is 0 Å². The maximum Gasteiger partial charge on any atom is 0.264 e. The van der Waals surface area contributed by atoms with Gasteiger partial charge in [-0.1, -0.05) is 5.92 Å². The second-order valence-corrected chi connectivity index (χ2v) is 10.3. The molecule has 0 spiro atoms. The van der Waals surface area contributed by atoms with Crippen molar-refractivity contribution in [1.29, 1.82) is 0 Å². The van der Waals surface area contributed by atoms with Crippen LogP contribution in [0.2, 0.25) is 0 Å². The summed E-state index contributed by atoms with van der Waals surface area (Å²) in [5.41, 5.74) is 2.10. The summed E-state index contributed by atoms with van der Waals surface area (Å²) in [5.74, 6) is 9.43. The second kappa shape index (κ2) is 8.33. The van der Waals surface area contributed by atoms with Crippen LogP contribution >= 0.6 is 0 Å². The predicted molar refractivity (Wildman–Crippen MR) is 109 cm³/mol. The van der Waals surface area contributed by atoms with Crippen LogP contribution in [0, 0.1) is 23.7 Å². The van der Waals surface area contributed by atoms with Crippen molar-refractivity contribution >= 4 is 21.7 Å². The molecule has 1 fully saturated rings. The molecule has 1 aromatic rings. The van der Waals surface area contributed by atoms with Gasteiger partial charge in [0.25, 0.3) is 11.8 Å². The zero-order valence-electron chi connectivity index (χ0n) is 17.1. The van der Waals surface area contributed by atoms with Gasteiger partial charge in [-0.25, -0.2) is 13.9 Å². The topological polar surface area (TPSA) is 133 Å². The molecule has 1 saturated heterocycles. The van der Waals surface area contributed by atoms with Gasteiger partial charge in [-0.2, -0.15) is 0 Å². The highest BCUT2D eigenvalue weighted by atomic mass is 32.2. The zero-order valence-corrected chi connectivity index (χ0v) is 17.9. The lowest BCUT2D eigenvalue weighted by atomic mass is 10.0. The van der Waals surface area contributed by atoms with Crippen LogP contribution < -0.4 is 5.48 Å². The fourth-order valence-corrected chi connectivity index (χ4v) is 4.04. The third-order valence-electron chi connectivity index (χ3n) is 5.49. The van der Waals surface area contributed by atoms with Gasteiger partial charge in [0.05, 0.1) is 13.2 Å². The van der Waals surface area contributed by atoms with Crippen LogP contribution in [0.1, 0.15) is 34.8 Å². The molecular formula is C21H22N2O7S. The minimum Gasteiger partial charge on any atom is -0.373 e. The summed E-state index contributed by atoms with van der Waals surface area (Å²) < 4.78 is 27.2. The Balaban J connectivity index is 1.71. The molecule has 0 saturated carbocycles. The average Bonchev–Trinajstić information content (AvgIpc) is 3.01. The Morgan fingerprint density at radius 1 is 1.35 bits per heavy atom. The molecule has 3 N–H and O–H groups in total. The maximum absolute atomic E-state index is 12.7. The Kier molecular flexibility index (Phi) is 6.12. The van der Waals surface area contributed by atoms with Gasteiger partial charge in [-0.15, -0.1) is 0 Å². The van der Waals surface area contributed by atoms with Gasteiger partial charge in [-0.3, -0.25) is 14.8 Å². The van der Waals surface area contributed by atoms with E-state index in [1.54, 1.807) is 18.2 Å². The van der Waals surface area contributed by atoms with Crippen molar-refractivity contribution in [3.05, 3.63) is 34.9 Å². The third-order valence-corrected chi connectivity index (χ3v) is 7.52. The van der Waals surface area contributed by atoms with Crippen molar-refractivity contribution in [3.63, 3.8) is 0 Å². The number of benzene rings is 1.